The van der Waals surface area contributed by atoms with Crippen LogP contribution in [0.4, 0.5) is 10.2 Å². The maximum atomic E-state index is 15.1. The second-order valence-corrected chi connectivity index (χ2v) is 10.2. The molecule has 184 valence electrons. The summed E-state index contributed by atoms with van der Waals surface area (Å²) in [6, 6.07) is 10.2. The zero-order valence-corrected chi connectivity index (χ0v) is 21.0. The molecule has 1 saturated heterocycles. The Balaban J connectivity index is 1.53. The molecule has 0 amide bonds. The first kappa shape index (κ1) is 23.1. The third-order valence-corrected chi connectivity index (χ3v) is 7.38. The van der Waals surface area contributed by atoms with Gasteiger partial charge in [-0.2, -0.15) is 0 Å². The monoisotopic (exact) mass is 505 g/mol. The first-order chi connectivity index (χ1) is 17.2. The fourth-order valence-electron chi connectivity index (χ4n) is 4.92. The summed E-state index contributed by atoms with van der Waals surface area (Å²) in [6.45, 7) is 4.90. The van der Waals surface area contributed by atoms with Crippen molar-refractivity contribution in [2.45, 2.75) is 38.4 Å². The molecule has 0 bridgehead atoms. The average molecular weight is 506 g/mol. The van der Waals surface area contributed by atoms with E-state index in [4.69, 9.17) is 21.3 Å². The summed E-state index contributed by atoms with van der Waals surface area (Å²) >= 11 is 6.01. The van der Waals surface area contributed by atoms with E-state index in [0.29, 0.717) is 41.3 Å². The first-order valence-corrected chi connectivity index (χ1v) is 12.3. The van der Waals surface area contributed by atoms with E-state index in [9.17, 15) is 4.79 Å². The van der Waals surface area contributed by atoms with Crippen LogP contribution in [0.25, 0.3) is 22.2 Å². The fraction of sp³-hybridized carbons (Fsp3) is 0.333. The molecule has 1 spiro atoms. The van der Waals surface area contributed by atoms with Crippen LogP contribution in [0.1, 0.15) is 36.0 Å². The van der Waals surface area contributed by atoms with Gasteiger partial charge in [-0.1, -0.05) is 11.6 Å². The molecule has 1 aliphatic heterocycles. The van der Waals surface area contributed by atoms with Gasteiger partial charge in [-0.05, 0) is 68.7 Å². The number of fused-ring (bicyclic) bond motifs is 1. The Kier molecular flexibility index (Phi) is 5.35. The minimum absolute atomic E-state index is 0.171. The van der Waals surface area contributed by atoms with Crippen molar-refractivity contribution in [3.63, 3.8) is 0 Å². The van der Waals surface area contributed by atoms with Crippen molar-refractivity contribution in [3.8, 4) is 11.3 Å². The van der Waals surface area contributed by atoms with Gasteiger partial charge in [-0.15, -0.1) is 0 Å². The van der Waals surface area contributed by atoms with Gasteiger partial charge in [-0.3, -0.25) is 14.3 Å². The smallest absolute Gasteiger partial charge is 0.261 e. The Labute approximate surface area is 212 Å². The predicted octanol–water partition coefficient (Wildman–Crippen LogP) is 4.91. The molecule has 36 heavy (non-hydrogen) atoms. The largest absolute Gasteiger partial charge is 0.363 e. The number of pyridine rings is 2. The SMILES string of the molecule is Cc1cc(C2CN(c3cc4c(=O)n(C)c(C)nc4c(-c4ccc(Cl)cc4F)n3)CC3(CC3)O2)ccn1. The Hall–Kier alpha value is -3.36. The number of benzene rings is 1. The van der Waals surface area contributed by atoms with Crippen molar-refractivity contribution in [1.82, 2.24) is 19.5 Å². The molecule has 6 rings (SSSR count). The van der Waals surface area contributed by atoms with Crippen molar-refractivity contribution in [2.75, 3.05) is 18.0 Å². The Bertz CT molecular complexity index is 1580. The summed E-state index contributed by atoms with van der Waals surface area (Å²) in [5, 5.41) is 0.682. The number of ether oxygens (including phenoxy) is 1. The van der Waals surface area contributed by atoms with Crippen LogP contribution in [0.5, 0.6) is 0 Å². The number of hydrogen-bond acceptors (Lipinski definition) is 6. The summed E-state index contributed by atoms with van der Waals surface area (Å²) < 4.78 is 23.1. The summed E-state index contributed by atoms with van der Waals surface area (Å²) in [7, 11) is 1.68. The van der Waals surface area contributed by atoms with Crippen LogP contribution in [0.3, 0.4) is 0 Å². The second kappa shape index (κ2) is 8.35. The lowest BCUT2D eigenvalue weighted by Gasteiger charge is -2.39. The van der Waals surface area contributed by atoms with Crippen LogP contribution < -0.4 is 10.5 Å². The third-order valence-electron chi connectivity index (χ3n) is 7.14. The summed E-state index contributed by atoms with van der Waals surface area (Å²) in [5.74, 6) is 0.605. The number of hydrogen-bond donors (Lipinski definition) is 0. The van der Waals surface area contributed by atoms with Crippen molar-refractivity contribution < 1.29 is 9.13 Å². The van der Waals surface area contributed by atoms with E-state index in [-0.39, 0.29) is 27.9 Å². The second-order valence-electron chi connectivity index (χ2n) is 9.77. The molecule has 1 unspecified atom stereocenters. The van der Waals surface area contributed by atoms with Crippen molar-refractivity contribution >= 4 is 28.3 Å². The van der Waals surface area contributed by atoms with Crippen LogP contribution in [0.15, 0.2) is 47.4 Å². The summed E-state index contributed by atoms with van der Waals surface area (Å²) in [6.07, 6.45) is 3.53. The zero-order valence-electron chi connectivity index (χ0n) is 20.3. The minimum Gasteiger partial charge on any atom is -0.363 e. The lowest BCUT2D eigenvalue weighted by Crippen LogP contribution is -2.46. The van der Waals surface area contributed by atoms with Crippen molar-refractivity contribution in [1.29, 1.82) is 0 Å². The minimum atomic E-state index is -0.514. The Morgan fingerprint density at radius 3 is 2.67 bits per heavy atom. The quantitative estimate of drug-likeness (QED) is 0.394. The highest BCUT2D eigenvalue weighted by molar-refractivity contribution is 6.30. The number of anilines is 1. The molecule has 2 aliphatic rings. The number of morpholine rings is 1. The standard InChI is InChI=1S/C27H25ClFN5O2/c1-15-10-17(6-9-30-15)22-13-34(14-27(36-22)7-8-27)23-12-20-25(31-16(2)33(3)26(20)35)24(32-23)19-5-4-18(28)11-21(19)29/h4-6,9-12,22H,7-8,13-14H2,1-3H3. The summed E-state index contributed by atoms with van der Waals surface area (Å²) in [5.41, 5.74) is 2.47. The highest BCUT2D eigenvalue weighted by Gasteiger charge is 2.51. The molecule has 7 nitrogen and oxygen atoms in total. The molecule has 0 radical (unpaired) electrons. The number of halogens is 2. The fourth-order valence-corrected chi connectivity index (χ4v) is 5.08. The van der Waals surface area contributed by atoms with E-state index in [1.807, 2.05) is 19.1 Å². The van der Waals surface area contributed by atoms with Gasteiger partial charge in [0.15, 0.2) is 0 Å². The lowest BCUT2D eigenvalue weighted by atomic mass is 10.0. The first-order valence-electron chi connectivity index (χ1n) is 11.9. The summed E-state index contributed by atoms with van der Waals surface area (Å²) in [4.78, 5) is 29.3. The normalized spacial score (nSPS) is 18.7. The molecule has 2 fully saturated rings. The van der Waals surface area contributed by atoms with Crippen LogP contribution in [-0.2, 0) is 11.8 Å². The molecule has 1 aromatic carbocycles. The molecule has 1 aliphatic carbocycles. The van der Waals surface area contributed by atoms with Gasteiger partial charge < -0.3 is 9.64 Å². The topological polar surface area (TPSA) is 73.1 Å². The van der Waals surface area contributed by atoms with Crippen molar-refractivity contribution in [3.05, 3.63) is 80.9 Å². The van der Waals surface area contributed by atoms with Crippen molar-refractivity contribution in [2.24, 2.45) is 7.05 Å². The molecule has 9 heteroatoms. The third kappa shape index (κ3) is 3.94. The maximum Gasteiger partial charge on any atom is 0.261 e. The Morgan fingerprint density at radius 2 is 1.94 bits per heavy atom. The molecule has 1 atom stereocenters. The molecular weight excluding hydrogens is 481 g/mol. The zero-order chi connectivity index (χ0) is 25.2. The van der Waals surface area contributed by atoms with Crippen LogP contribution in [-0.4, -0.2) is 38.2 Å². The number of nitrogens with zero attached hydrogens (tertiary/aromatic N) is 5. The highest BCUT2D eigenvalue weighted by Crippen LogP contribution is 2.48. The van der Waals surface area contributed by atoms with Crippen LogP contribution in [0.2, 0.25) is 5.02 Å². The molecule has 4 heterocycles. The Morgan fingerprint density at radius 1 is 1.14 bits per heavy atom. The van der Waals surface area contributed by atoms with E-state index in [1.54, 1.807) is 38.4 Å². The average Bonchev–Trinajstić information content (AvgIpc) is 3.60. The molecule has 0 N–H and O–H groups in total. The molecule has 1 saturated carbocycles. The predicted molar refractivity (Wildman–Crippen MR) is 137 cm³/mol. The van der Waals surface area contributed by atoms with Gasteiger partial charge in [0.25, 0.3) is 5.56 Å². The van der Waals surface area contributed by atoms with E-state index in [0.717, 1.165) is 24.1 Å². The molecule has 4 aromatic rings. The maximum absolute atomic E-state index is 15.1. The highest BCUT2D eigenvalue weighted by atomic mass is 35.5. The van der Waals surface area contributed by atoms with E-state index < -0.39 is 5.82 Å². The van der Waals surface area contributed by atoms with Crippen LogP contribution in [0, 0.1) is 19.7 Å². The van der Waals surface area contributed by atoms with Gasteiger partial charge in [0.1, 0.15) is 34.8 Å². The van der Waals surface area contributed by atoms with Gasteiger partial charge in [0, 0.05) is 42.6 Å². The van der Waals surface area contributed by atoms with Crippen LogP contribution >= 0.6 is 11.6 Å². The van der Waals surface area contributed by atoms with E-state index in [2.05, 4.69) is 14.9 Å². The number of aromatic nitrogens is 4. The molecule has 3 aromatic heterocycles. The van der Waals surface area contributed by atoms with E-state index >= 15 is 4.39 Å². The van der Waals surface area contributed by atoms with Gasteiger partial charge in [-0.25, -0.2) is 14.4 Å². The number of aryl methyl sites for hydroxylation is 2. The van der Waals surface area contributed by atoms with Gasteiger partial charge in [0.05, 0.1) is 11.0 Å². The number of rotatable bonds is 3. The van der Waals surface area contributed by atoms with Gasteiger partial charge in [0.2, 0.25) is 0 Å². The lowest BCUT2D eigenvalue weighted by molar-refractivity contribution is -0.0456. The van der Waals surface area contributed by atoms with Gasteiger partial charge >= 0.3 is 0 Å². The molecular formula is C27H25ClFN5O2. The van der Waals surface area contributed by atoms with E-state index in [1.165, 1.54) is 10.6 Å².